The predicted molar refractivity (Wildman–Crippen MR) is 75.7 cm³/mol. The maximum atomic E-state index is 10.7. The Hall–Kier alpha value is -2.48. The molecule has 0 saturated heterocycles. The highest BCUT2D eigenvalue weighted by molar-refractivity contribution is 5.78. The van der Waals surface area contributed by atoms with Crippen LogP contribution in [0.5, 0.6) is 5.75 Å². The molecular weight excluding hydrogens is 256 g/mol. The van der Waals surface area contributed by atoms with E-state index in [0.717, 1.165) is 16.8 Å². The van der Waals surface area contributed by atoms with Crippen molar-refractivity contribution < 1.29 is 14.6 Å². The second-order valence-electron chi connectivity index (χ2n) is 4.30. The van der Waals surface area contributed by atoms with E-state index in [2.05, 4.69) is 10.9 Å². The van der Waals surface area contributed by atoms with Gasteiger partial charge in [-0.05, 0) is 19.1 Å². The summed E-state index contributed by atoms with van der Waals surface area (Å²) < 4.78 is 7.31. The van der Waals surface area contributed by atoms with E-state index < -0.39 is 5.97 Å². The largest absolute Gasteiger partial charge is 0.494 e. The molecule has 0 fully saturated rings. The Morgan fingerprint density at radius 3 is 3.00 bits per heavy atom. The first-order chi connectivity index (χ1) is 9.65. The number of rotatable bonds is 6. The second kappa shape index (κ2) is 6.11. The fourth-order valence-electron chi connectivity index (χ4n) is 2.09. The maximum Gasteiger partial charge on any atom is 0.303 e. The lowest BCUT2D eigenvalue weighted by Gasteiger charge is -2.05. The fraction of sp³-hybridized carbons (Fsp3) is 0.333. The molecule has 2 aromatic rings. The molecule has 0 unspecified atom stereocenters. The van der Waals surface area contributed by atoms with Crippen LogP contribution in [0.25, 0.3) is 11.0 Å². The Kier molecular flexibility index (Phi) is 4.26. The van der Waals surface area contributed by atoms with Gasteiger partial charge in [0.2, 0.25) is 0 Å². The van der Waals surface area contributed by atoms with Crippen molar-refractivity contribution in [3.8, 4) is 18.1 Å². The summed E-state index contributed by atoms with van der Waals surface area (Å²) in [5.74, 6) is 3.16. The first-order valence-corrected chi connectivity index (χ1v) is 6.43. The van der Waals surface area contributed by atoms with Crippen molar-refractivity contribution in [2.24, 2.45) is 0 Å². The Morgan fingerprint density at radius 2 is 2.35 bits per heavy atom. The van der Waals surface area contributed by atoms with Crippen molar-refractivity contribution in [2.75, 3.05) is 6.61 Å². The number of aryl methyl sites for hydroxylation is 1. The van der Waals surface area contributed by atoms with Crippen molar-refractivity contribution >= 4 is 17.0 Å². The minimum absolute atomic E-state index is 0.0339. The molecule has 104 valence electrons. The summed E-state index contributed by atoms with van der Waals surface area (Å²) in [6.45, 7) is 2.88. The van der Waals surface area contributed by atoms with E-state index in [1.165, 1.54) is 0 Å². The number of terminal acetylenes is 1. The van der Waals surface area contributed by atoms with Gasteiger partial charge in [-0.25, -0.2) is 4.98 Å². The van der Waals surface area contributed by atoms with Crippen LogP contribution in [0.3, 0.4) is 0 Å². The number of hydrogen-bond donors (Lipinski definition) is 1. The summed E-state index contributed by atoms with van der Waals surface area (Å²) in [6.07, 6.45) is 5.76. The van der Waals surface area contributed by atoms with Gasteiger partial charge >= 0.3 is 5.97 Å². The zero-order chi connectivity index (χ0) is 14.5. The number of ether oxygens (including phenoxy) is 1. The van der Waals surface area contributed by atoms with Crippen molar-refractivity contribution in [1.82, 2.24) is 9.55 Å². The summed E-state index contributed by atoms with van der Waals surface area (Å²) in [6, 6.07) is 5.60. The van der Waals surface area contributed by atoms with Crippen LogP contribution < -0.4 is 4.74 Å². The summed E-state index contributed by atoms with van der Waals surface area (Å²) in [5.41, 5.74) is 1.67. The number of benzene rings is 1. The normalized spacial score (nSPS) is 10.4. The van der Waals surface area contributed by atoms with Crippen molar-refractivity contribution in [3.05, 3.63) is 24.0 Å². The molecule has 1 heterocycles. The molecule has 5 heteroatoms. The van der Waals surface area contributed by atoms with E-state index in [0.29, 0.717) is 25.4 Å². The highest BCUT2D eigenvalue weighted by Crippen LogP contribution is 2.22. The summed E-state index contributed by atoms with van der Waals surface area (Å²) in [4.78, 5) is 15.2. The lowest BCUT2D eigenvalue weighted by Crippen LogP contribution is -2.06. The quantitative estimate of drug-likeness (QED) is 0.818. The molecule has 0 aliphatic rings. The molecule has 0 radical (unpaired) electrons. The van der Waals surface area contributed by atoms with Crippen LogP contribution in [0.4, 0.5) is 0 Å². The number of nitrogens with zero attached hydrogens (tertiary/aromatic N) is 2. The monoisotopic (exact) mass is 272 g/mol. The van der Waals surface area contributed by atoms with Gasteiger partial charge in [-0.2, -0.15) is 0 Å². The molecule has 0 aliphatic carbocycles. The van der Waals surface area contributed by atoms with E-state index in [1.54, 1.807) is 0 Å². The first-order valence-electron chi connectivity index (χ1n) is 6.43. The minimum atomic E-state index is -0.848. The third-order valence-electron chi connectivity index (χ3n) is 2.92. The lowest BCUT2D eigenvalue weighted by molar-refractivity contribution is -0.137. The number of fused-ring (bicyclic) bond motifs is 1. The smallest absolute Gasteiger partial charge is 0.303 e. The van der Waals surface area contributed by atoms with Gasteiger partial charge in [0.15, 0.2) is 0 Å². The molecule has 0 atom stereocenters. The summed E-state index contributed by atoms with van der Waals surface area (Å²) >= 11 is 0. The van der Waals surface area contributed by atoms with Gasteiger partial charge < -0.3 is 14.4 Å². The van der Waals surface area contributed by atoms with E-state index in [4.69, 9.17) is 16.3 Å². The van der Waals surface area contributed by atoms with Crippen LogP contribution in [-0.4, -0.2) is 27.2 Å². The second-order valence-corrected chi connectivity index (χ2v) is 4.30. The molecule has 5 nitrogen and oxygen atoms in total. The molecule has 0 aliphatic heterocycles. The van der Waals surface area contributed by atoms with E-state index >= 15 is 0 Å². The number of imidazole rings is 1. The first kappa shape index (κ1) is 13.9. The van der Waals surface area contributed by atoms with Crippen LogP contribution in [0.1, 0.15) is 19.2 Å². The van der Waals surface area contributed by atoms with Gasteiger partial charge in [0.05, 0.1) is 30.6 Å². The third-order valence-corrected chi connectivity index (χ3v) is 2.92. The van der Waals surface area contributed by atoms with Gasteiger partial charge in [0.25, 0.3) is 0 Å². The SMILES string of the molecule is C#CCn1c(CCC(=O)O)nc2cc(OCC)ccc21. The molecule has 20 heavy (non-hydrogen) atoms. The zero-order valence-electron chi connectivity index (χ0n) is 11.3. The van der Waals surface area contributed by atoms with E-state index in [1.807, 2.05) is 29.7 Å². The van der Waals surface area contributed by atoms with Gasteiger partial charge in [0, 0.05) is 12.5 Å². The molecule has 1 aromatic heterocycles. The van der Waals surface area contributed by atoms with Gasteiger partial charge in [-0.15, -0.1) is 6.42 Å². The predicted octanol–water partition coefficient (Wildman–Crippen LogP) is 2.09. The Bertz CT molecular complexity index is 668. The van der Waals surface area contributed by atoms with E-state index in [9.17, 15) is 4.79 Å². The molecule has 2 rings (SSSR count). The van der Waals surface area contributed by atoms with Crippen molar-refractivity contribution in [2.45, 2.75) is 26.3 Å². The Labute approximate surface area is 117 Å². The fourth-order valence-corrected chi connectivity index (χ4v) is 2.09. The lowest BCUT2D eigenvalue weighted by atomic mass is 10.3. The number of carboxylic acids is 1. The van der Waals surface area contributed by atoms with Gasteiger partial charge in [-0.1, -0.05) is 5.92 Å². The van der Waals surface area contributed by atoms with Gasteiger partial charge in [-0.3, -0.25) is 4.79 Å². The van der Waals surface area contributed by atoms with Crippen molar-refractivity contribution in [3.63, 3.8) is 0 Å². The highest BCUT2D eigenvalue weighted by atomic mass is 16.5. The maximum absolute atomic E-state index is 10.7. The summed E-state index contributed by atoms with van der Waals surface area (Å²) in [7, 11) is 0. The van der Waals surface area contributed by atoms with Crippen LogP contribution >= 0.6 is 0 Å². The number of hydrogen-bond acceptors (Lipinski definition) is 3. The number of aliphatic carboxylic acids is 1. The molecule has 0 bridgehead atoms. The highest BCUT2D eigenvalue weighted by Gasteiger charge is 2.12. The number of carboxylic acid groups (broad SMARTS) is 1. The van der Waals surface area contributed by atoms with E-state index in [-0.39, 0.29) is 6.42 Å². The average molecular weight is 272 g/mol. The van der Waals surface area contributed by atoms with Crippen LogP contribution in [0.15, 0.2) is 18.2 Å². The van der Waals surface area contributed by atoms with Crippen LogP contribution in [0, 0.1) is 12.3 Å². The minimum Gasteiger partial charge on any atom is -0.494 e. The zero-order valence-corrected chi connectivity index (χ0v) is 11.3. The average Bonchev–Trinajstić information content (AvgIpc) is 2.75. The van der Waals surface area contributed by atoms with Crippen molar-refractivity contribution in [1.29, 1.82) is 0 Å². The molecule has 1 aromatic carbocycles. The molecule has 0 saturated carbocycles. The summed E-state index contributed by atoms with van der Waals surface area (Å²) in [5, 5.41) is 8.79. The molecular formula is C15H16N2O3. The Balaban J connectivity index is 2.42. The van der Waals surface area contributed by atoms with Crippen LogP contribution in [0.2, 0.25) is 0 Å². The topological polar surface area (TPSA) is 64.4 Å². The molecule has 0 spiro atoms. The standard InChI is InChI=1S/C15H16N2O3/c1-3-9-17-13-6-5-11(20-4-2)10-12(13)16-14(17)7-8-15(18)19/h1,5-6,10H,4,7-9H2,2H3,(H,18,19). The third kappa shape index (κ3) is 2.91. The van der Waals surface area contributed by atoms with Gasteiger partial charge in [0.1, 0.15) is 11.6 Å². The molecule has 1 N–H and O–H groups in total. The number of aromatic nitrogens is 2. The number of carbonyl (C=O) groups is 1. The molecule has 0 amide bonds. The van der Waals surface area contributed by atoms with Crippen LogP contribution in [-0.2, 0) is 17.8 Å². The Morgan fingerprint density at radius 1 is 1.55 bits per heavy atom.